The van der Waals surface area contributed by atoms with Gasteiger partial charge in [-0.2, -0.15) is 0 Å². The summed E-state index contributed by atoms with van der Waals surface area (Å²) in [4.78, 5) is 15.8. The van der Waals surface area contributed by atoms with Crippen molar-refractivity contribution in [1.29, 1.82) is 0 Å². The Morgan fingerprint density at radius 3 is 1.62 bits per heavy atom. The molecule has 1 amide bonds. The fourth-order valence-electron chi connectivity index (χ4n) is 2.22. The summed E-state index contributed by atoms with van der Waals surface area (Å²) in [5.41, 5.74) is -0.512. The van der Waals surface area contributed by atoms with Gasteiger partial charge in [0.05, 0.1) is 0 Å². The predicted octanol–water partition coefficient (Wildman–Crippen LogP) is 2.87. The molecule has 110 valence electrons. The number of aliphatic hydroxyl groups is 1. The van der Waals surface area contributed by atoms with Gasteiger partial charge in [-0.25, -0.2) is 0 Å². The van der Waals surface area contributed by atoms with Crippen molar-refractivity contribution in [2.24, 2.45) is 0 Å². The molecular weight excluding hydrogens is 278 g/mol. The smallest absolute Gasteiger partial charge is 0.253 e. The van der Waals surface area contributed by atoms with E-state index in [0.717, 1.165) is 0 Å². The highest BCUT2D eigenvalue weighted by Gasteiger charge is 2.41. The Morgan fingerprint density at radius 2 is 1.29 bits per heavy atom. The van der Waals surface area contributed by atoms with E-state index in [4.69, 9.17) is 0 Å². The van der Waals surface area contributed by atoms with Gasteiger partial charge in [-0.05, 0) is 11.1 Å². The molecule has 0 spiro atoms. The zero-order valence-corrected chi connectivity index (χ0v) is 13.6. The molecule has 2 aromatic rings. The summed E-state index contributed by atoms with van der Waals surface area (Å²) in [6, 6.07) is 18.1. The molecule has 0 atom stereocenters. The first-order valence-electron chi connectivity index (χ1n) is 7.00. The Kier molecular flexibility index (Phi) is 4.30. The van der Waals surface area contributed by atoms with E-state index >= 15 is 0 Å². The van der Waals surface area contributed by atoms with Crippen LogP contribution >= 0.6 is 0 Å². The Morgan fingerprint density at radius 1 is 0.905 bits per heavy atom. The summed E-state index contributed by atoms with van der Waals surface area (Å²) in [7, 11) is -1.86. The van der Waals surface area contributed by atoms with Crippen LogP contribution in [0.3, 0.4) is 0 Å². The third-order valence-electron chi connectivity index (χ3n) is 3.20. The van der Waals surface area contributed by atoms with Crippen molar-refractivity contribution in [1.82, 2.24) is 4.98 Å². The molecule has 2 aromatic carbocycles. The van der Waals surface area contributed by atoms with E-state index < -0.39 is 13.8 Å². The van der Waals surface area contributed by atoms with Crippen molar-refractivity contribution in [2.75, 3.05) is 0 Å². The Balaban J connectivity index is 2.53. The molecule has 0 saturated carbocycles. The number of amides is 1. The Hall–Kier alpha value is -1.91. The zero-order chi connectivity index (χ0) is 15.5. The van der Waals surface area contributed by atoms with Crippen molar-refractivity contribution in [2.45, 2.75) is 25.2 Å². The van der Waals surface area contributed by atoms with Crippen LogP contribution in [0.5, 0.6) is 0 Å². The van der Waals surface area contributed by atoms with Gasteiger partial charge in [0.2, 0.25) is 0 Å². The predicted molar refractivity (Wildman–Crippen MR) is 87.4 cm³/mol. The molecule has 4 heteroatoms. The minimum atomic E-state index is -1.86. The molecule has 0 fully saturated rings. The minimum absolute atomic E-state index is 0.362. The van der Waals surface area contributed by atoms with Gasteiger partial charge in [-0.15, -0.1) is 0 Å². The number of hydrogen-bond acceptors (Lipinski definition) is 2. The lowest BCUT2D eigenvalue weighted by Crippen LogP contribution is -2.54. The summed E-state index contributed by atoms with van der Waals surface area (Å²) >= 11 is 0. The zero-order valence-electron chi connectivity index (χ0n) is 12.6. The van der Waals surface area contributed by atoms with Crippen LogP contribution in [0.25, 0.3) is 0 Å². The molecule has 2 N–H and O–H groups in total. The van der Waals surface area contributed by atoms with Crippen LogP contribution in [0.15, 0.2) is 60.7 Å². The van der Waals surface area contributed by atoms with Gasteiger partial charge in [0, 0.05) is 0 Å². The lowest BCUT2D eigenvalue weighted by Gasteiger charge is -2.31. The average molecular weight is 299 g/mol. The highest BCUT2D eigenvalue weighted by atomic mass is 28.3. The van der Waals surface area contributed by atoms with Gasteiger partial charge in [0.1, 0.15) is 8.24 Å². The molecule has 0 saturated heterocycles. The molecule has 0 bridgehead atoms. The van der Waals surface area contributed by atoms with Crippen molar-refractivity contribution in [3.63, 3.8) is 0 Å². The van der Waals surface area contributed by atoms with E-state index in [-0.39, 0.29) is 5.91 Å². The molecule has 0 aliphatic rings. The standard InChI is InChI=1S/C17H21NO2Si/c1-21(2,3)18-16(19)17(20,14-10-6-4-7-11-14)15-12-8-5-9-13-15/h4-13,20H,1-3H3,(H,18,19). The van der Waals surface area contributed by atoms with Crippen molar-refractivity contribution >= 4 is 14.1 Å². The monoisotopic (exact) mass is 299 g/mol. The van der Waals surface area contributed by atoms with E-state index in [1.807, 2.05) is 56.0 Å². The maximum atomic E-state index is 12.8. The normalized spacial score (nSPS) is 12.0. The van der Waals surface area contributed by atoms with Crippen molar-refractivity contribution < 1.29 is 9.90 Å². The van der Waals surface area contributed by atoms with E-state index in [1.165, 1.54) is 0 Å². The number of carbonyl (C=O) groups excluding carboxylic acids is 1. The summed E-state index contributed by atoms with van der Waals surface area (Å²) < 4.78 is 0. The lowest BCUT2D eigenvalue weighted by molar-refractivity contribution is -0.135. The maximum Gasteiger partial charge on any atom is 0.253 e. The van der Waals surface area contributed by atoms with Crippen LogP contribution in [-0.2, 0) is 10.4 Å². The first kappa shape index (κ1) is 15.5. The maximum absolute atomic E-state index is 12.8. The van der Waals surface area contributed by atoms with Gasteiger partial charge in [-0.1, -0.05) is 80.3 Å². The van der Waals surface area contributed by atoms with Gasteiger partial charge >= 0.3 is 0 Å². The van der Waals surface area contributed by atoms with E-state index in [2.05, 4.69) is 4.98 Å². The van der Waals surface area contributed by atoms with Gasteiger partial charge in [0.25, 0.3) is 5.91 Å². The number of rotatable bonds is 4. The first-order chi connectivity index (χ1) is 9.84. The van der Waals surface area contributed by atoms with Gasteiger partial charge in [-0.3, -0.25) is 4.79 Å². The highest BCUT2D eigenvalue weighted by Crippen LogP contribution is 2.30. The van der Waals surface area contributed by atoms with E-state index in [1.54, 1.807) is 24.3 Å². The molecule has 0 radical (unpaired) electrons. The SMILES string of the molecule is C[Si](C)(C)NC(=O)C(O)(c1ccccc1)c1ccccc1. The fraction of sp³-hybridized carbons (Fsp3) is 0.235. The second-order valence-corrected chi connectivity index (χ2v) is 10.9. The second kappa shape index (κ2) is 5.83. The molecule has 2 rings (SSSR count). The largest absolute Gasteiger partial charge is 0.379 e. The lowest BCUT2D eigenvalue weighted by atomic mass is 9.86. The molecule has 0 aromatic heterocycles. The van der Waals surface area contributed by atoms with Crippen LogP contribution in [0, 0.1) is 0 Å². The average Bonchev–Trinajstić information content (AvgIpc) is 2.46. The molecular formula is C17H21NO2Si. The number of nitrogens with one attached hydrogen (secondary N) is 1. The Labute approximate surface area is 126 Å². The first-order valence-corrected chi connectivity index (χ1v) is 10.5. The van der Waals surface area contributed by atoms with E-state index in [9.17, 15) is 9.90 Å². The van der Waals surface area contributed by atoms with Crippen LogP contribution < -0.4 is 4.98 Å². The number of hydrogen-bond donors (Lipinski definition) is 2. The highest BCUT2D eigenvalue weighted by molar-refractivity contribution is 6.75. The summed E-state index contributed by atoms with van der Waals surface area (Å²) in [6.07, 6.45) is 0. The second-order valence-electron chi connectivity index (χ2n) is 6.15. The minimum Gasteiger partial charge on any atom is -0.379 e. The quantitative estimate of drug-likeness (QED) is 0.853. The molecule has 3 nitrogen and oxygen atoms in total. The Bertz CT molecular complexity index is 566. The number of carbonyl (C=O) groups is 1. The molecule has 0 aliphatic heterocycles. The number of benzene rings is 2. The molecule has 0 aliphatic carbocycles. The van der Waals surface area contributed by atoms with Crippen LogP contribution in [0.1, 0.15) is 11.1 Å². The summed E-state index contributed by atoms with van der Waals surface area (Å²) in [5.74, 6) is -0.362. The fourth-order valence-corrected chi connectivity index (χ4v) is 3.08. The van der Waals surface area contributed by atoms with E-state index in [0.29, 0.717) is 11.1 Å². The third-order valence-corrected chi connectivity index (χ3v) is 4.18. The molecule has 21 heavy (non-hydrogen) atoms. The summed E-state index contributed by atoms with van der Waals surface area (Å²) in [6.45, 7) is 6.09. The van der Waals surface area contributed by atoms with Gasteiger partial charge in [0.15, 0.2) is 5.60 Å². The molecule has 0 unspecified atom stereocenters. The summed E-state index contributed by atoms with van der Waals surface area (Å²) in [5, 5.41) is 11.2. The van der Waals surface area contributed by atoms with Crippen LogP contribution in [0.4, 0.5) is 0 Å². The molecule has 0 heterocycles. The third kappa shape index (κ3) is 3.40. The van der Waals surface area contributed by atoms with Crippen LogP contribution in [0.2, 0.25) is 19.6 Å². The van der Waals surface area contributed by atoms with Crippen molar-refractivity contribution in [3.05, 3.63) is 71.8 Å². The van der Waals surface area contributed by atoms with Gasteiger partial charge < -0.3 is 10.1 Å². The van der Waals surface area contributed by atoms with Crippen molar-refractivity contribution in [3.8, 4) is 0 Å². The van der Waals surface area contributed by atoms with Crippen LogP contribution in [-0.4, -0.2) is 19.2 Å². The topological polar surface area (TPSA) is 49.3 Å².